The lowest BCUT2D eigenvalue weighted by Crippen LogP contribution is -2.42. The SMILES string of the molecule is OC1NC=C2SC=CC=C2N1. The maximum absolute atomic E-state index is 9.11. The maximum Gasteiger partial charge on any atom is 0.202 e. The zero-order valence-electron chi connectivity index (χ0n) is 5.74. The lowest BCUT2D eigenvalue weighted by molar-refractivity contribution is 0.125. The Morgan fingerprint density at radius 2 is 2.45 bits per heavy atom. The van der Waals surface area contributed by atoms with Gasteiger partial charge in [0.25, 0.3) is 0 Å². The van der Waals surface area contributed by atoms with E-state index in [9.17, 15) is 0 Å². The minimum atomic E-state index is -0.655. The van der Waals surface area contributed by atoms with Gasteiger partial charge in [0.1, 0.15) is 0 Å². The summed E-state index contributed by atoms with van der Waals surface area (Å²) < 4.78 is 0. The molecule has 0 aliphatic carbocycles. The lowest BCUT2D eigenvalue weighted by Gasteiger charge is -2.24. The van der Waals surface area contributed by atoms with Gasteiger partial charge in [0.2, 0.25) is 6.35 Å². The van der Waals surface area contributed by atoms with Crippen molar-refractivity contribution in [2.45, 2.75) is 6.35 Å². The van der Waals surface area contributed by atoms with Crippen LogP contribution in [0.4, 0.5) is 0 Å². The molecule has 0 saturated heterocycles. The van der Waals surface area contributed by atoms with Crippen LogP contribution in [0.25, 0.3) is 0 Å². The fourth-order valence-electron chi connectivity index (χ4n) is 0.968. The number of allylic oxidation sites excluding steroid dienone is 2. The van der Waals surface area contributed by atoms with Crippen LogP contribution in [-0.2, 0) is 0 Å². The quantitative estimate of drug-likeness (QED) is 0.491. The number of fused-ring (bicyclic) bond motifs is 1. The van der Waals surface area contributed by atoms with Crippen molar-refractivity contribution >= 4 is 11.8 Å². The Hall–Kier alpha value is -0.870. The van der Waals surface area contributed by atoms with Gasteiger partial charge in [-0.25, -0.2) is 0 Å². The van der Waals surface area contributed by atoms with Gasteiger partial charge >= 0.3 is 0 Å². The number of hydrogen-bond donors (Lipinski definition) is 3. The fraction of sp³-hybridized carbons (Fsp3) is 0.143. The van der Waals surface area contributed by atoms with Crippen LogP contribution in [0.2, 0.25) is 0 Å². The number of thioether (sulfide) groups is 1. The average Bonchev–Trinajstić information content (AvgIpc) is 2.04. The van der Waals surface area contributed by atoms with Crippen molar-refractivity contribution in [2.75, 3.05) is 0 Å². The molecule has 0 bridgehead atoms. The minimum Gasteiger partial charge on any atom is -0.357 e. The van der Waals surface area contributed by atoms with Crippen LogP contribution in [0.5, 0.6) is 0 Å². The second-order valence-corrected chi connectivity index (χ2v) is 3.20. The summed E-state index contributed by atoms with van der Waals surface area (Å²) in [5, 5.41) is 16.8. The van der Waals surface area contributed by atoms with Gasteiger partial charge in [-0.2, -0.15) is 0 Å². The predicted octanol–water partition coefficient (Wildman–Crippen LogP) is 0.441. The van der Waals surface area contributed by atoms with Crippen LogP contribution in [-0.4, -0.2) is 11.5 Å². The highest BCUT2D eigenvalue weighted by Gasteiger charge is 2.15. The second-order valence-electron chi connectivity index (χ2n) is 2.25. The summed E-state index contributed by atoms with van der Waals surface area (Å²) in [5.74, 6) is 0. The molecular formula is C7H8N2OS. The zero-order chi connectivity index (χ0) is 7.68. The molecule has 0 fully saturated rings. The standard InChI is InChI=1S/C7H8N2OS/c10-7-8-4-6-5(9-7)2-1-3-11-6/h1-4,7-10H. The van der Waals surface area contributed by atoms with Crippen molar-refractivity contribution in [1.82, 2.24) is 10.6 Å². The highest BCUT2D eigenvalue weighted by atomic mass is 32.2. The molecule has 1 atom stereocenters. The van der Waals surface area contributed by atoms with Crippen molar-refractivity contribution in [3.8, 4) is 0 Å². The molecule has 11 heavy (non-hydrogen) atoms. The van der Waals surface area contributed by atoms with Crippen LogP contribution in [0.3, 0.4) is 0 Å². The molecule has 2 aliphatic heterocycles. The van der Waals surface area contributed by atoms with E-state index in [2.05, 4.69) is 10.6 Å². The number of aliphatic hydroxyl groups excluding tert-OH is 1. The predicted molar refractivity (Wildman–Crippen MR) is 45.2 cm³/mol. The first-order chi connectivity index (χ1) is 5.36. The van der Waals surface area contributed by atoms with Gasteiger partial charge in [-0.15, -0.1) is 0 Å². The van der Waals surface area contributed by atoms with Gasteiger partial charge in [0, 0.05) is 6.20 Å². The number of hydrogen-bond acceptors (Lipinski definition) is 4. The minimum absolute atomic E-state index is 0.655. The number of aliphatic hydroxyl groups is 1. The van der Waals surface area contributed by atoms with Crippen molar-refractivity contribution in [2.24, 2.45) is 0 Å². The van der Waals surface area contributed by atoms with E-state index in [1.54, 1.807) is 18.0 Å². The molecule has 0 saturated carbocycles. The number of nitrogens with one attached hydrogen (secondary N) is 2. The molecule has 58 valence electrons. The normalized spacial score (nSPS) is 27.5. The Morgan fingerprint density at radius 3 is 3.36 bits per heavy atom. The molecule has 0 spiro atoms. The molecule has 4 heteroatoms. The van der Waals surface area contributed by atoms with Gasteiger partial charge in [-0.3, -0.25) is 0 Å². The molecule has 2 heterocycles. The highest BCUT2D eigenvalue weighted by molar-refractivity contribution is 8.06. The van der Waals surface area contributed by atoms with Crippen molar-refractivity contribution in [3.63, 3.8) is 0 Å². The first kappa shape index (κ1) is 6.82. The maximum atomic E-state index is 9.11. The van der Waals surface area contributed by atoms with Gasteiger partial charge < -0.3 is 15.7 Å². The molecule has 3 nitrogen and oxygen atoms in total. The first-order valence-corrected chi connectivity index (χ1v) is 4.19. The van der Waals surface area contributed by atoms with Gasteiger partial charge in [-0.1, -0.05) is 17.8 Å². The Bertz CT molecular complexity index is 257. The Morgan fingerprint density at radius 1 is 1.55 bits per heavy atom. The topological polar surface area (TPSA) is 44.3 Å². The monoisotopic (exact) mass is 168 g/mol. The van der Waals surface area contributed by atoms with Crippen molar-refractivity contribution in [3.05, 3.63) is 34.4 Å². The van der Waals surface area contributed by atoms with E-state index in [0.29, 0.717) is 0 Å². The molecule has 2 rings (SSSR count). The molecule has 0 aromatic carbocycles. The van der Waals surface area contributed by atoms with E-state index >= 15 is 0 Å². The highest BCUT2D eigenvalue weighted by Crippen LogP contribution is 2.28. The zero-order valence-corrected chi connectivity index (χ0v) is 6.56. The van der Waals surface area contributed by atoms with Gasteiger partial charge in [0.15, 0.2) is 0 Å². The summed E-state index contributed by atoms with van der Waals surface area (Å²) in [7, 11) is 0. The van der Waals surface area contributed by atoms with Crippen LogP contribution in [0.1, 0.15) is 0 Å². The third kappa shape index (κ3) is 1.27. The smallest absolute Gasteiger partial charge is 0.202 e. The molecule has 0 amide bonds. The van der Waals surface area contributed by atoms with E-state index < -0.39 is 6.35 Å². The van der Waals surface area contributed by atoms with Crippen LogP contribution in [0.15, 0.2) is 34.4 Å². The van der Waals surface area contributed by atoms with Gasteiger partial charge in [-0.05, 0) is 11.5 Å². The Kier molecular flexibility index (Phi) is 1.63. The summed E-state index contributed by atoms with van der Waals surface area (Å²) in [4.78, 5) is 1.11. The number of rotatable bonds is 0. The summed E-state index contributed by atoms with van der Waals surface area (Å²) >= 11 is 1.63. The van der Waals surface area contributed by atoms with E-state index in [0.717, 1.165) is 10.6 Å². The Labute approximate surface area is 68.9 Å². The molecule has 3 N–H and O–H groups in total. The molecule has 1 unspecified atom stereocenters. The van der Waals surface area contributed by atoms with Crippen LogP contribution < -0.4 is 10.6 Å². The summed E-state index contributed by atoms with van der Waals surface area (Å²) in [5.41, 5.74) is 0.976. The summed E-state index contributed by atoms with van der Waals surface area (Å²) in [6, 6.07) is 0. The van der Waals surface area contributed by atoms with E-state index in [4.69, 9.17) is 5.11 Å². The van der Waals surface area contributed by atoms with Crippen LogP contribution >= 0.6 is 11.8 Å². The molecular weight excluding hydrogens is 160 g/mol. The van der Waals surface area contributed by atoms with E-state index in [1.165, 1.54) is 0 Å². The second kappa shape index (κ2) is 2.64. The molecule has 0 radical (unpaired) electrons. The molecule has 0 aromatic heterocycles. The molecule has 0 aromatic rings. The molecule has 2 aliphatic rings. The fourth-order valence-corrected chi connectivity index (χ4v) is 1.66. The lowest BCUT2D eigenvalue weighted by atomic mass is 10.3. The summed E-state index contributed by atoms with van der Waals surface area (Å²) in [6.45, 7) is 0. The van der Waals surface area contributed by atoms with Crippen molar-refractivity contribution in [1.29, 1.82) is 0 Å². The third-order valence-electron chi connectivity index (χ3n) is 1.47. The van der Waals surface area contributed by atoms with E-state index in [1.807, 2.05) is 17.6 Å². The largest absolute Gasteiger partial charge is 0.357 e. The Balaban J connectivity index is 2.28. The van der Waals surface area contributed by atoms with E-state index in [-0.39, 0.29) is 0 Å². The average molecular weight is 168 g/mol. The van der Waals surface area contributed by atoms with Crippen molar-refractivity contribution < 1.29 is 5.11 Å². The first-order valence-electron chi connectivity index (χ1n) is 3.31. The summed E-state index contributed by atoms with van der Waals surface area (Å²) in [6.07, 6.45) is 5.03. The van der Waals surface area contributed by atoms with Crippen LogP contribution in [0, 0.1) is 0 Å². The third-order valence-corrected chi connectivity index (χ3v) is 2.35. The van der Waals surface area contributed by atoms with Gasteiger partial charge in [0.05, 0.1) is 10.6 Å².